The maximum atomic E-state index is 12.7. The Hall–Kier alpha value is -2.63. The SMILES string of the molecule is Cc1cc(C)c(/C=N/NC(=O)c2cccc(C(F)(F)F)c2)c(C)c1. The molecule has 0 aliphatic carbocycles. The zero-order chi connectivity index (χ0) is 17.9. The monoisotopic (exact) mass is 334 g/mol. The van der Waals surface area contributed by atoms with Crippen LogP contribution in [0.3, 0.4) is 0 Å². The van der Waals surface area contributed by atoms with E-state index in [1.165, 1.54) is 18.3 Å². The van der Waals surface area contributed by atoms with Crippen LogP contribution in [0.2, 0.25) is 0 Å². The Morgan fingerprint density at radius 1 is 1.08 bits per heavy atom. The zero-order valence-corrected chi connectivity index (χ0v) is 13.5. The van der Waals surface area contributed by atoms with Gasteiger partial charge in [0.2, 0.25) is 0 Å². The highest BCUT2D eigenvalue weighted by Crippen LogP contribution is 2.29. The average molecular weight is 334 g/mol. The van der Waals surface area contributed by atoms with Crippen LogP contribution in [0.15, 0.2) is 41.5 Å². The van der Waals surface area contributed by atoms with Gasteiger partial charge in [0, 0.05) is 11.1 Å². The summed E-state index contributed by atoms with van der Waals surface area (Å²) < 4.78 is 38.0. The second-order valence-electron chi connectivity index (χ2n) is 5.59. The summed E-state index contributed by atoms with van der Waals surface area (Å²) in [5.74, 6) is -0.695. The third kappa shape index (κ3) is 4.22. The van der Waals surface area contributed by atoms with Gasteiger partial charge >= 0.3 is 6.18 Å². The molecule has 0 aliphatic rings. The number of nitrogens with one attached hydrogen (secondary N) is 1. The molecule has 0 fully saturated rings. The van der Waals surface area contributed by atoms with Crippen molar-refractivity contribution in [2.45, 2.75) is 26.9 Å². The van der Waals surface area contributed by atoms with Crippen molar-refractivity contribution in [1.82, 2.24) is 5.43 Å². The standard InChI is InChI=1S/C18H17F3N2O/c1-11-7-12(2)16(13(3)8-11)10-22-23-17(24)14-5-4-6-15(9-14)18(19,20)21/h4-10H,1-3H3,(H,23,24)/b22-10+. The van der Waals surface area contributed by atoms with Crippen LogP contribution in [-0.2, 0) is 6.18 Å². The number of nitrogens with zero attached hydrogens (tertiary/aromatic N) is 1. The molecule has 0 atom stereocenters. The minimum Gasteiger partial charge on any atom is -0.267 e. The number of amides is 1. The van der Waals surface area contributed by atoms with Crippen LogP contribution in [-0.4, -0.2) is 12.1 Å². The summed E-state index contributed by atoms with van der Waals surface area (Å²) in [5, 5.41) is 3.86. The summed E-state index contributed by atoms with van der Waals surface area (Å²) in [7, 11) is 0. The van der Waals surface area contributed by atoms with E-state index in [0.717, 1.165) is 34.4 Å². The van der Waals surface area contributed by atoms with Crippen LogP contribution in [0.5, 0.6) is 0 Å². The second-order valence-corrected chi connectivity index (χ2v) is 5.59. The third-order valence-corrected chi connectivity index (χ3v) is 3.55. The Labute approximate surface area is 138 Å². The van der Waals surface area contributed by atoms with Crippen LogP contribution in [0, 0.1) is 20.8 Å². The molecule has 126 valence electrons. The fourth-order valence-corrected chi connectivity index (χ4v) is 2.45. The van der Waals surface area contributed by atoms with Crippen LogP contribution in [0.4, 0.5) is 13.2 Å². The Morgan fingerprint density at radius 2 is 1.71 bits per heavy atom. The van der Waals surface area contributed by atoms with E-state index in [1.807, 2.05) is 32.9 Å². The van der Waals surface area contributed by atoms with Gasteiger partial charge in [-0.2, -0.15) is 18.3 Å². The Morgan fingerprint density at radius 3 is 2.29 bits per heavy atom. The summed E-state index contributed by atoms with van der Waals surface area (Å²) in [4.78, 5) is 11.9. The smallest absolute Gasteiger partial charge is 0.267 e. The fourth-order valence-electron chi connectivity index (χ4n) is 2.45. The molecule has 24 heavy (non-hydrogen) atoms. The lowest BCUT2D eigenvalue weighted by molar-refractivity contribution is -0.137. The van der Waals surface area contributed by atoms with Crippen molar-refractivity contribution in [3.05, 3.63) is 69.8 Å². The number of benzene rings is 2. The first-order valence-electron chi connectivity index (χ1n) is 7.27. The molecule has 0 radical (unpaired) electrons. The number of carbonyl (C=O) groups excluding carboxylic acids is 1. The van der Waals surface area contributed by atoms with Gasteiger partial charge in [0.15, 0.2) is 0 Å². The van der Waals surface area contributed by atoms with Gasteiger partial charge in [-0.15, -0.1) is 0 Å². The van der Waals surface area contributed by atoms with Crippen molar-refractivity contribution < 1.29 is 18.0 Å². The summed E-state index contributed by atoms with van der Waals surface area (Å²) >= 11 is 0. The maximum Gasteiger partial charge on any atom is 0.416 e. The van der Waals surface area contributed by atoms with Gasteiger partial charge in [-0.1, -0.05) is 23.8 Å². The van der Waals surface area contributed by atoms with Gasteiger partial charge in [0.25, 0.3) is 5.91 Å². The lowest BCUT2D eigenvalue weighted by Crippen LogP contribution is -2.18. The van der Waals surface area contributed by atoms with Gasteiger partial charge in [-0.05, 0) is 50.1 Å². The highest BCUT2D eigenvalue weighted by molar-refractivity contribution is 5.95. The number of alkyl halides is 3. The second kappa shape index (κ2) is 6.86. The Bertz CT molecular complexity index is 772. The number of halogens is 3. The van der Waals surface area contributed by atoms with E-state index in [1.54, 1.807) is 0 Å². The maximum absolute atomic E-state index is 12.7. The molecule has 0 saturated heterocycles. The molecule has 0 heterocycles. The molecule has 6 heteroatoms. The molecule has 0 aromatic heterocycles. The topological polar surface area (TPSA) is 41.5 Å². The summed E-state index contributed by atoms with van der Waals surface area (Å²) in [6.07, 6.45) is -2.99. The van der Waals surface area contributed by atoms with Crippen molar-refractivity contribution in [3.8, 4) is 0 Å². The molecule has 1 amide bonds. The molecule has 2 aromatic rings. The van der Waals surface area contributed by atoms with E-state index >= 15 is 0 Å². The lowest BCUT2D eigenvalue weighted by Gasteiger charge is -2.08. The third-order valence-electron chi connectivity index (χ3n) is 3.55. The van der Waals surface area contributed by atoms with Crippen LogP contribution in [0.1, 0.15) is 38.2 Å². The minimum absolute atomic E-state index is 0.0978. The first-order chi connectivity index (χ1) is 11.2. The molecule has 0 saturated carbocycles. The summed E-state index contributed by atoms with van der Waals surface area (Å²) in [6.45, 7) is 5.84. The van der Waals surface area contributed by atoms with E-state index in [0.29, 0.717) is 0 Å². The van der Waals surface area contributed by atoms with Gasteiger partial charge < -0.3 is 0 Å². The normalized spacial score (nSPS) is 11.8. The Kier molecular flexibility index (Phi) is 5.07. The summed E-state index contributed by atoms with van der Waals surface area (Å²) in [6, 6.07) is 8.19. The fraction of sp³-hybridized carbons (Fsp3) is 0.222. The van der Waals surface area contributed by atoms with Gasteiger partial charge in [0.1, 0.15) is 0 Å². The molecular formula is C18H17F3N2O. The van der Waals surface area contributed by atoms with Gasteiger partial charge in [0.05, 0.1) is 11.8 Å². The predicted octanol–water partition coefficient (Wildman–Crippen LogP) is 4.39. The molecule has 1 N–H and O–H groups in total. The predicted molar refractivity (Wildman–Crippen MR) is 87.2 cm³/mol. The van der Waals surface area contributed by atoms with Gasteiger partial charge in [-0.25, -0.2) is 5.43 Å². The van der Waals surface area contributed by atoms with Gasteiger partial charge in [-0.3, -0.25) is 4.79 Å². The quantitative estimate of drug-likeness (QED) is 0.656. The number of hydrogen-bond donors (Lipinski definition) is 1. The molecule has 2 aromatic carbocycles. The number of aryl methyl sites for hydroxylation is 3. The van der Waals surface area contributed by atoms with E-state index in [2.05, 4.69) is 10.5 Å². The van der Waals surface area contributed by atoms with Crippen molar-refractivity contribution in [2.24, 2.45) is 5.10 Å². The molecule has 0 spiro atoms. The van der Waals surface area contributed by atoms with Crippen LogP contribution < -0.4 is 5.43 Å². The number of rotatable bonds is 3. The number of hydrazone groups is 1. The number of hydrogen-bond acceptors (Lipinski definition) is 2. The van der Waals surface area contributed by atoms with Crippen molar-refractivity contribution >= 4 is 12.1 Å². The van der Waals surface area contributed by atoms with Crippen molar-refractivity contribution in [3.63, 3.8) is 0 Å². The van der Waals surface area contributed by atoms with E-state index in [4.69, 9.17) is 0 Å². The first kappa shape index (κ1) is 17.7. The Balaban J connectivity index is 2.14. The van der Waals surface area contributed by atoms with E-state index in [9.17, 15) is 18.0 Å². The van der Waals surface area contributed by atoms with E-state index < -0.39 is 17.6 Å². The van der Waals surface area contributed by atoms with E-state index in [-0.39, 0.29) is 5.56 Å². The highest BCUT2D eigenvalue weighted by Gasteiger charge is 2.30. The van der Waals surface area contributed by atoms with Crippen LogP contribution >= 0.6 is 0 Å². The molecular weight excluding hydrogens is 317 g/mol. The highest BCUT2D eigenvalue weighted by atomic mass is 19.4. The van der Waals surface area contributed by atoms with Crippen molar-refractivity contribution in [1.29, 1.82) is 0 Å². The minimum atomic E-state index is -4.49. The first-order valence-corrected chi connectivity index (χ1v) is 7.27. The average Bonchev–Trinajstić information content (AvgIpc) is 2.49. The molecule has 0 aliphatic heterocycles. The molecule has 2 rings (SSSR count). The largest absolute Gasteiger partial charge is 0.416 e. The number of carbonyl (C=O) groups is 1. The zero-order valence-electron chi connectivity index (χ0n) is 13.5. The lowest BCUT2D eigenvalue weighted by atomic mass is 10.0. The molecule has 0 unspecified atom stereocenters. The van der Waals surface area contributed by atoms with Crippen LogP contribution in [0.25, 0.3) is 0 Å². The van der Waals surface area contributed by atoms with Crippen molar-refractivity contribution in [2.75, 3.05) is 0 Å². The molecule has 3 nitrogen and oxygen atoms in total. The molecule has 0 bridgehead atoms. The summed E-state index contributed by atoms with van der Waals surface area (Å²) in [5.41, 5.74) is 5.28.